The molecule has 0 heterocycles. The summed E-state index contributed by atoms with van der Waals surface area (Å²) in [6.45, 7) is 0. The van der Waals surface area contributed by atoms with Gasteiger partial charge in [-0.1, -0.05) is 62.1 Å². The molecular weight excluding hydrogens is 328 g/mol. The van der Waals surface area contributed by atoms with Gasteiger partial charge in [0, 0.05) is 12.8 Å². The van der Waals surface area contributed by atoms with Crippen LogP contribution in [0.2, 0.25) is 0 Å². The van der Waals surface area contributed by atoms with Crippen LogP contribution >= 0.6 is 0 Å². The van der Waals surface area contributed by atoms with Crippen LogP contribution in [0.4, 0.5) is 0 Å². The molecule has 4 heteroatoms. The Labute approximate surface area is 155 Å². The number of hydrogen-bond acceptors (Lipinski definition) is 4. The van der Waals surface area contributed by atoms with Gasteiger partial charge in [0.15, 0.2) is 0 Å². The molecule has 2 rings (SSSR count). The second-order valence-electron chi connectivity index (χ2n) is 6.20. The molecule has 0 N–H and O–H groups in total. The third-order valence-electron chi connectivity index (χ3n) is 3.96. The van der Waals surface area contributed by atoms with Gasteiger partial charge in [-0.3, -0.25) is 9.59 Å². The highest BCUT2D eigenvalue weighted by Gasteiger charge is 2.05. The zero-order chi connectivity index (χ0) is 18.5. The van der Waals surface area contributed by atoms with Crippen LogP contribution in [0, 0.1) is 0 Å². The Hall–Kier alpha value is -2.62. The van der Waals surface area contributed by atoms with Crippen molar-refractivity contribution in [3.8, 4) is 11.5 Å². The van der Waals surface area contributed by atoms with Crippen molar-refractivity contribution in [1.29, 1.82) is 0 Å². The number of ether oxygens (including phenoxy) is 2. The average molecular weight is 354 g/mol. The van der Waals surface area contributed by atoms with Crippen molar-refractivity contribution in [2.75, 3.05) is 0 Å². The molecule has 2 aromatic carbocycles. The van der Waals surface area contributed by atoms with Crippen LogP contribution in [0.25, 0.3) is 0 Å². The minimum atomic E-state index is -0.181. The Balaban J connectivity index is 1.43. The summed E-state index contributed by atoms with van der Waals surface area (Å²) in [6, 6.07) is 18.3. The van der Waals surface area contributed by atoms with Crippen LogP contribution in [-0.4, -0.2) is 11.9 Å². The molecule has 26 heavy (non-hydrogen) atoms. The van der Waals surface area contributed by atoms with E-state index in [-0.39, 0.29) is 11.9 Å². The lowest BCUT2D eigenvalue weighted by Gasteiger charge is -2.05. The predicted molar refractivity (Wildman–Crippen MR) is 101 cm³/mol. The van der Waals surface area contributed by atoms with Crippen LogP contribution in [0.15, 0.2) is 60.7 Å². The quantitative estimate of drug-likeness (QED) is 0.311. The summed E-state index contributed by atoms with van der Waals surface area (Å²) in [4.78, 5) is 23.4. The number of carbonyl (C=O) groups excluding carboxylic acids is 2. The summed E-state index contributed by atoms with van der Waals surface area (Å²) >= 11 is 0. The molecule has 0 aliphatic heterocycles. The summed E-state index contributed by atoms with van der Waals surface area (Å²) in [5, 5.41) is 0. The van der Waals surface area contributed by atoms with Crippen molar-refractivity contribution in [2.45, 2.75) is 51.4 Å². The van der Waals surface area contributed by atoms with Gasteiger partial charge in [-0.25, -0.2) is 0 Å². The van der Waals surface area contributed by atoms with Crippen molar-refractivity contribution in [2.24, 2.45) is 0 Å². The molecule has 0 aliphatic carbocycles. The zero-order valence-corrected chi connectivity index (χ0v) is 15.1. The summed E-state index contributed by atoms with van der Waals surface area (Å²) in [6.07, 6.45) is 6.68. The number of esters is 2. The maximum atomic E-state index is 11.7. The summed E-state index contributed by atoms with van der Waals surface area (Å²) in [5.74, 6) is 0.833. The molecule has 2 aromatic rings. The van der Waals surface area contributed by atoms with E-state index in [1.54, 1.807) is 24.3 Å². The minimum absolute atomic E-state index is 0.181. The Morgan fingerprint density at radius 2 is 0.885 bits per heavy atom. The molecular formula is C22H26O4. The number of carbonyl (C=O) groups is 2. The molecule has 0 aromatic heterocycles. The summed E-state index contributed by atoms with van der Waals surface area (Å²) in [5.41, 5.74) is 0. The SMILES string of the molecule is O=C(CCCCCCCCC(=O)Oc1ccccc1)Oc1ccccc1. The maximum absolute atomic E-state index is 11.7. The van der Waals surface area contributed by atoms with Gasteiger partial charge < -0.3 is 9.47 Å². The number of rotatable bonds is 11. The largest absolute Gasteiger partial charge is 0.427 e. The Kier molecular flexibility index (Phi) is 8.98. The first kappa shape index (κ1) is 19.7. The minimum Gasteiger partial charge on any atom is -0.427 e. The highest BCUT2D eigenvalue weighted by atomic mass is 16.5. The Bertz CT molecular complexity index is 593. The molecule has 0 spiro atoms. The fourth-order valence-corrected chi connectivity index (χ4v) is 2.59. The van der Waals surface area contributed by atoms with Crippen LogP contribution in [0.1, 0.15) is 51.4 Å². The third-order valence-corrected chi connectivity index (χ3v) is 3.96. The van der Waals surface area contributed by atoms with Gasteiger partial charge in [0.05, 0.1) is 0 Å². The fraction of sp³-hybridized carbons (Fsp3) is 0.364. The normalized spacial score (nSPS) is 10.3. The van der Waals surface area contributed by atoms with Crippen LogP contribution in [-0.2, 0) is 9.59 Å². The maximum Gasteiger partial charge on any atom is 0.311 e. The van der Waals surface area contributed by atoms with E-state index < -0.39 is 0 Å². The second kappa shape index (κ2) is 11.9. The van der Waals surface area contributed by atoms with Gasteiger partial charge in [0.1, 0.15) is 11.5 Å². The molecule has 0 fully saturated rings. The first-order chi connectivity index (χ1) is 12.7. The zero-order valence-electron chi connectivity index (χ0n) is 15.1. The van der Waals surface area contributed by atoms with E-state index in [0.717, 1.165) is 38.5 Å². The Morgan fingerprint density at radius 1 is 0.538 bits per heavy atom. The standard InChI is InChI=1S/C22H26O4/c23-21(25-19-13-7-5-8-14-19)17-11-3-1-2-4-12-18-22(24)26-20-15-9-6-10-16-20/h5-10,13-16H,1-4,11-12,17-18H2. The molecule has 0 radical (unpaired) electrons. The van der Waals surface area contributed by atoms with Gasteiger partial charge in [-0.05, 0) is 37.1 Å². The van der Waals surface area contributed by atoms with Crippen molar-refractivity contribution in [3.63, 3.8) is 0 Å². The van der Waals surface area contributed by atoms with Crippen LogP contribution < -0.4 is 9.47 Å². The molecule has 0 unspecified atom stereocenters. The van der Waals surface area contributed by atoms with E-state index in [0.29, 0.717) is 24.3 Å². The van der Waals surface area contributed by atoms with Crippen LogP contribution in [0.3, 0.4) is 0 Å². The highest BCUT2D eigenvalue weighted by molar-refractivity contribution is 5.72. The first-order valence-corrected chi connectivity index (χ1v) is 9.25. The smallest absolute Gasteiger partial charge is 0.311 e. The third kappa shape index (κ3) is 8.47. The lowest BCUT2D eigenvalue weighted by molar-refractivity contribution is -0.135. The van der Waals surface area contributed by atoms with E-state index in [9.17, 15) is 9.59 Å². The molecule has 0 amide bonds. The monoisotopic (exact) mass is 354 g/mol. The van der Waals surface area contributed by atoms with Gasteiger partial charge >= 0.3 is 11.9 Å². The van der Waals surface area contributed by atoms with Crippen molar-refractivity contribution in [3.05, 3.63) is 60.7 Å². The molecule has 0 saturated heterocycles. The lowest BCUT2D eigenvalue weighted by Crippen LogP contribution is -2.07. The summed E-state index contributed by atoms with van der Waals surface area (Å²) < 4.78 is 10.5. The number of hydrogen-bond donors (Lipinski definition) is 0. The lowest BCUT2D eigenvalue weighted by atomic mass is 10.1. The fourth-order valence-electron chi connectivity index (χ4n) is 2.59. The van der Waals surface area contributed by atoms with Crippen molar-refractivity contribution < 1.29 is 19.1 Å². The Morgan fingerprint density at radius 3 is 1.27 bits per heavy atom. The molecule has 0 aliphatic rings. The van der Waals surface area contributed by atoms with E-state index in [1.807, 2.05) is 36.4 Å². The first-order valence-electron chi connectivity index (χ1n) is 9.25. The van der Waals surface area contributed by atoms with E-state index in [4.69, 9.17) is 9.47 Å². The molecule has 138 valence electrons. The summed E-state index contributed by atoms with van der Waals surface area (Å²) in [7, 11) is 0. The molecule has 4 nitrogen and oxygen atoms in total. The van der Waals surface area contributed by atoms with Gasteiger partial charge in [0.25, 0.3) is 0 Å². The number of benzene rings is 2. The second-order valence-corrected chi connectivity index (χ2v) is 6.20. The van der Waals surface area contributed by atoms with Crippen molar-refractivity contribution >= 4 is 11.9 Å². The average Bonchev–Trinajstić information content (AvgIpc) is 2.65. The molecule has 0 atom stereocenters. The number of para-hydroxylation sites is 2. The van der Waals surface area contributed by atoms with E-state index >= 15 is 0 Å². The van der Waals surface area contributed by atoms with Crippen LogP contribution in [0.5, 0.6) is 11.5 Å². The van der Waals surface area contributed by atoms with E-state index in [1.165, 1.54) is 0 Å². The van der Waals surface area contributed by atoms with E-state index in [2.05, 4.69) is 0 Å². The molecule has 0 bridgehead atoms. The molecule has 0 saturated carbocycles. The topological polar surface area (TPSA) is 52.6 Å². The van der Waals surface area contributed by atoms with Crippen molar-refractivity contribution in [1.82, 2.24) is 0 Å². The predicted octanol–water partition coefficient (Wildman–Crippen LogP) is 5.32. The number of unbranched alkanes of at least 4 members (excludes halogenated alkanes) is 5. The van der Waals surface area contributed by atoms with Gasteiger partial charge in [-0.15, -0.1) is 0 Å². The van der Waals surface area contributed by atoms with Gasteiger partial charge in [-0.2, -0.15) is 0 Å². The highest BCUT2D eigenvalue weighted by Crippen LogP contribution is 2.13. The van der Waals surface area contributed by atoms with Gasteiger partial charge in [0.2, 0.25) is 0 Å².